The van der Waals surface area contributed by atoms with Crippen LogP contribution in [0, 0.1) is 5.92 Å². The third-order valence-corrected chi connectivity index (χ3v) is 1.82. The second kappa shape index (κ2) is 3.41. The third kappa shape index (κ3) is 2.46. The maximum Gasteiger partial charge on any atom is 0.308 e. The lowest BCUT2D eigenvalue weighted by Crippen LogP contribution is -2.42. The van der Waals surface area contributed by atoms with Gasteiger partial charge in [0.15, 0.2) is 5.79 Å². The first-order valence-corrected chi connectivity index (χ1v) is 4.01. The van der Waals surface area contributed by atoms with E-state index in [-0.39, 0.29) is 6.42 Å². The van der Waals surface area contributed by atoms with Gasteiger partial charge >= 0.3 is 5.97 Å². The molecule has 0 aromatic carbocycles. The first-order chi connectivity index (χ1) is 5.52. The molecule has 1 rings (SSSR count). The fourth-order valence-electron chi connectivity index (χ4n) is 1.10. The molecule has 0 spiro atoms. The van der Waals surface area contributed by atoms with Crippen LogP contribution in [0.3, 0.4) is 0 Å². The molecule has 0 saturated carbocycles. The molecule has 0 aromatic rings. The molecule has 1 aliphatic heterocycles. The molecule has 1 saturated heterocycles. The van der Waals surface area contributed by atoms with Gasteiger partial charge in [0, 0.05) is 5.92 Å². The van der Waals surface area contributed by atoms with Crippen molar-refractivity contribution < 1.29 is 19.4 Å². The highest BCUT2D eigenvalue weighted by Gasteiger charge is 2.33. The first kappa shape index (κ1) is 9.48. The number of ether oxygens (including phenoxy) is 2. The van der Waals surface area contributed by atoms with Crippen molar-refractivity contribution >= 4 is 5.97 Å². The van der Waals surface area contributed by atoms with Gasteiger partial charge in [-0.25, -0.2) is 0 Å². The van der Waals surface area contributed by atoms with Gasteiger partial charge in [-0.1, -0.05) is 6.92 Å². The highest BCUT2D eigenvalue weighted by molar-refractivity contribution is 5.67. The van der Waals surface area contributed by atoms with Crippen LogP contribution in [0.15, 0.2) is 0 Å². The lowest BCUT2D eigenvalue weighted by molar-refractivity contribution is -0.272. The molecule has 0 aromatic heterocycles. The van der Waals surface area contributed by atoms with Crippen LogP contribution < -0.4 is 0 Å². The van der Waals surface area contributed by atoms with Gasteiger partial charge in [-0.2, -0.15) is 0 Å². The SMILES string of the molecule is CC1COC(C)(CC(=O)O)OC1. The zero-order valence-corrected chi connectivity index (χ0v) is 7.37. The van der Waals surface area contributed by atoms with Crippen molar-refractivity contribution in [3.8, 4) is 0 Å². The van der Waals surface area contributed by atoms with E-state index < -0.39 is 11.8 Å². The van der Waals surface area contributed by atoms with Crippen LogP contribution >= 0.6 is 0 Å². The third-order valence-electron chi connectivity index (χ3n) is 1.82. The molecule has 1 aliphatic rings. The Morgan fingerprint density at radius 2 is 2.08 bits per heavy atom. The van der Waals surface area contributed by atoms with Gasteiger partial charge < -0.3 is 14.6 Å². The van der Waals surface area contributed by atoms with Crippen molar-refractivity contribution in [3.05, 3.63) is 0 Å². The average Bonchev–Trinajstić information content (AvgIpc) is 1.94. The second-order valence-electron chi connectivity index (χ2n) is 3.43. The van der Waals surface area contributed by atoms with Crippen LogP contribution in [0.25, 0.3) is 0 Å². The van der Waals surface area contributed by atoms with E-state index in [0.717, 1.165) is 0 Å². The Labute approximate surface area is 71.5 Å². The molecule has 0 atom stereocenters. The predicted molar refractivity (Wildman–Crippen MR) is 41.7 cm³/mol. The van der Waals surface area contributed by atoms with Crippen molar-refractivity contribution in [1.29, 1.82) is 0 Å². The zero-order chi connectivity index (χ0) is 9.19. The number of carbonyl (C=O) groups is 1. The van der Waals surface area contributed by atoms with E-state index in [9.17, 15) is 4.79 Å². The van der Waals surface area contributed by atoms with Gasteiger partial charge in [0.05, 0.1) is 19.6 Å². The maximum atomic E-state index is 10.4. The summed E-state index contributed by atoms with van der Waals surface area (Å²) in [5, 5.41) is 8.54. The van der Waals surface area contributed by atoms with Crippen molar-refractivity contribution in [2.75, 3.05) is 13.2 Å². The molecule has 0 radical (unpaired) electrons. The molecule has 4 heteroatoms. The minimum atomic E-state index is -0.918. The van der Waals surface area contributed by atoms with E-state index in [2.05, 4.69) is 0 Å². The summed E-state index contributed by atoms with van der Waals surface area (Å²) in [6.07, 6.45) is -0.0975. The van der Waals surface area contributed by atoms with Gasteiger partial charge in [0.2, 0.25) is 0 Å². The maximum absolute atomic E-state index is 10.4. The second-order valence-corrected chi connectivity index (χ2v) is 3.43. The number of rotatable bonds is 2. The summed E-state index contributed by atoms with van der Waals surface area (Å²) in [7, 11) is 0. The summed E-state index contributed by atoms with van der Waals surface area (Å²) in [5.74, 6) is -1.46. The van der Waals surface area contributed by atoms with Gasteiger partial charge in [-0.3, -0.25) is 4.79 Å². The molecule has 0 unspecified atom stereocenters. The van der Waals surface area contributed by atoms with E-state index in [1.54, 1.807) is 6.92 Å². The molecule has 12 heavy (non-hydrogen) atoms. The molecule has 0 aliphatic carbocycles. The Kier molecular flexibility index (Phi) is 2.69. The molecular weight excluding hydrogens is 160 g/mol. The zero-order valence-electron chi connectivity index (χ0n) is 7.37. The monoisotopic (exact) mass is 174 g/mol. The number of carboxylic acid groups (broad SMARTS) is 1. The van der Waals surface area contributed by atoms with E-state index >= 15 is 0 Å². The van der Waals surface area contributed by atoms with Crippen LogP contribution in [0.1, 0.15) is 20.3 Å². The fourth-order valence-corrected chi connectivity index (χ4v) is 1.10. The molecule has 1 fully saturated rings. The highest BCUT2D eigenvalue weighted by Crippen LogP contribution is 2.24. The smallest absolute Gasteiger partial charge is 0.308 e. The Morgan fingerprint density at radius 3 is 2.50 bits per heavy atom. The Bertz CT molecular complexity index is 170. The summed E-state index contributed by atoms with van der Waals surface area (Å²) in [4.78, 5) is 10.4. The van der Waals surface area contributed by atoms with E-state index in [1.807, 2.05) is 6.92 Å². The van der Waals surface area contributed by atoms with E-state index in [0.29, 0.717) is 19.1 Å². The summed E-state index contributed by atoms with van der Waals surface area (Å²) in [6.45, 7) is 4.81. The van der Waals surface area contributed by atoms with Gasteiger partial charge in [-0.15, -0.1) is 0 Å². The summed E-state index contributed by atoms with van der Waals surface area (Å²) < 4.78 is 10.6. The predicted octanol–water partition coefficient (Wildman–Crippen LogP) is 0.860. The molecule has 0 amide bonds. The molecule has 1 heterocycles. The first-order valence-electron chi connectivity index (χ1n) is 4.01. The van der Waals surface area contributed by atoms with Crippen LogP contribution in [-0.4, -0.2) is 30.1 Å². The lowest BCUT2D eigenvalue weighted by Gasteiger charge is -2.35. The minimum Gasteiger partial charge on any atom is -0.481 e. The number of hydrogen-bond donors (Lipinski definition) is 1. The van der Waals surface area contributed by atoms with Crippen molar-refractivity contribution in [2.45, 2.75) is 26.1 Å². The number of aliphatic carboxylic acids is 1. The minimum absolute atomic E-state index is 0.0975. The topological polar surface area (TPSA) is 55.8 Å². The Hall–Kier alpha value is -0.610. The molecule has 0 bridgehead atoms. The Morgan fingerprint density at radius 1 is 1.58 bits per heavy atom. The molecule has 70 valence electrons. The van der Waals surface area contributed by atoms with Crippen molar-refractivity contribution in [1.82, 2.24) is 0 Å². The molecule has 4 nitrogen and oxygen atoms in total. The largest absolute Gasteiger partial charge is 0.481 e. The summed E-state index contributed by atoms with van der Waals surface area (Å²) >= 11 is 0. The average molecular weight is 174 g/mol. The molecular formula is C8H14O4. The van der Waals surface area contributed by atoms with Gasteiger partial charge in [0.1, 0.15) is 0 Å². The van der Waals surface area contributed by atoms with Gasteiger partial charge in [0.25, 0.3) is 0 Å². The van der Waals surface area contributed by atoms with Crippen LogP contribution in [0.2, 0.25) is 0 Å². The highest BCUT2D eigenvalue weighted by atomic mass is 16.7. The van der Waals surface area contributed by atoms with E-state index in [1.165, 1.54) is 0 Å². The summed E-state index contributed by atoms with van der Waals surface area (Å²) in [6, 6.07) is 0. The van der Waals surface area contributed by atoms with Crippen molar-refractivity contribution in [3.63, 3.8) is 0 Å². The van der Waals surface area contributed by atoms with Crippen molar-refractivity contribution in [2.24, 2.45) is 5.92 Å². The summed E-state index contributed by atoms with van der Waals surface area (Å²) in [5.41, 5.74) is 0. The standard InChI is InChI=1S/C8H14O4/c1-6-4-11-8(2,12-5-6)3-7(9)10/h6H,3-5H2,1-2H3,(H,9,10). The number of carboxylic acids is 1. The Balaban J connectivity index is 2.44. The van der Waals surface area contributed by atoms with Crippen LogP contribution in [-0.2, 0) is 14.3 Å². The fraction of sp³-hybridized carbons (Fsp3) is 0.875. The van der Waals surface area contributed by atoms with E-state index in [4.69, 9.17) is 14.6 Å². The molecule has 1 N–H and O–H groups in total. The quantitative estimate of drug-likeness (QED) is 0.674. The van der Waals surface area contributed by atoms with Gasteiger partial charge in [-0.05, 0) is 6.92 Å². The van der Waals surface area contributed by atoms with Crippen LogP contribution in [0.5, 0.6) is 0 Å². The number of hydrogen-bond acceptors (Lipinski definition) is 3. The van der Waals surface area contributed by atoms with Crippen LogP contribution in [0.4, 0.5) is 0 Å². The normalized spacial score (nSPS) is 36.3. The lowest BCUT2D eigenvalue weighted by atomic mass is 10.1.